The van der Waals surface area contributed by atoms with Crippen LogP contribution in [0.2, 0.25) is 0 Å². The summed E-state index contributed by atoms with van der Waals surface area (Å²) in [5.41, 5.74) is 5.28. The number of carboxylic acid groups (broad SMARTS) is 1. The summed E-state index contributed by atoms with van der Waals surface area (Å²) >= 11 is 0. The van der Waals surface area contributed by atoms with Crippen LogP contribution in [-0.4, -0.2) is 36.2 Å². The highest BCUT2D eigenvalue weighted by Gasteiger charge is 2.19. The molecule has 5 rings (SSSR count). The second-order valence-corrected chi connectivity index (χ2v) is 9.86. The Hall–Kier alpha value is -4.06. The Labute approximate surface area is 241 Å². The molecule has 0 spiro atoms. The zero-order valence-electron chi connectivity index (χ0n) is 22.5. The number of ether oxygens (including phenoxy) is 1. The topological polar surface area (TPSA) is 62.9 Å². The number of fused-ring (bicyclic) bond motifs is 1. The van der Waals surface area contributed by atoms with Crippen LogP contribution in [0.15, 0.2) is 114 Å². The van der Waals surface area contributed by atoms with E-state index in [0.717, 1.165) is 54.1 Å². The van der Waals surface area contributed by atoms with Crippen LogP contribution in [0.1, 0.15) is 33.9 Å². The summed E-state index contributed by atoms with van der Waals surface area (Å²) in [4.78, 5) is 13.6. The quantitative estimate of drug-likeness (QED) is 0.174. The molecule has 4 aromatic carbocycles. The fourth-order valence-electron chi connectivity index (χ4n) is 5.06. The van der Waals surface area contributed by atoms with Crippen molar-refractivity contribution in [1.82, 2.24) is 4.90 Å². The number of carboxylic acids is 1. The van der Waals surface area contributed by atoms with E-state index in [4.69, 9.17) is 14.3 Å². The molecular weight excluding hydrogens is 522 g/mol. The first-order valence-electron chi connectivity index (χ1n) is 13.3. The Morgan fingerprint density at radius 2 is 1.48 bits per heavy atom. The number of halogens is 1. The van der Waals surface area contributed by atoms with Crippen molar-refractivity contribution in [3.63, 3.8) is 0 Å². The lowest BCUT2D eigenvalue weighted by atomic mass is 9.90. The molecular formula is C34H34ClNO4. The Kier molecular flexibility index (Phi) is 10.0. The number of rotatable bonds is 12. The number of aliphatic carboxylic acids is 1. The third-order valence-electron chi connectivity index (χ3n) is 7.08. The third kappa shape index (κ3) is 7.53. The summed E-state index contributed by atoms with van der Waals surface area (Å²) in [6.45, 7) is 2.45. The summed E-state index contributed by atoms with van der Waals surface area (Å²) in [6, 6.07) is 37.3. The van der Waals surface area contributed by atoms with Gasteiger partial charge in [-0.25, -0.2) is 0 Å². The van der Waals surface area contributed by atoms with Gasteiger partial charge in [0.2, 0.25) is 0 Å². The molecule has 5 aromatic rings. The molecule has 6 heteroatoms. The van der Waals surface area contributed by atoms with E-state index in [1.165, 1.54) is 16.7 Å². The van der Waals surface area contributed by atoms with E-state index in [2.05, 4.69) is 83.8 Å². The van der Waals surface area contributed by atoms with Crippen LogP contribution in [0, 0.1) is 0 Å². The molecule has 0 aliphatic heterocycles. The lowest BCUT2D eigenvalue weighted by molar-refractivity contribution is -0.136. The van der Waals surface area contributed by atoms with E-state index in [1.54, 1.807) is 7.11 Å². The second-order valence-electron chi connectivity index (χ2n) is 9.86. The number of furan rings is 1. The van der Waals surface area contributed by atoms with Gasteiger partial charge < -0.3 is 14.3 Å². The SMILES string of the molecule is COc1ccc(CN(CCc2cc3ccc(CC(=O)O)cc3o2)CC(c2ccccc2)c2ccccc2)cc1.Cl. The van der Waals surface area contributed by atoms with Crippen molar-refractivity contribution in [2.45, 2.75) is 25.3 Å². The average molecular weight is 556 g/mol. The minimum absolute atomic E-state index is 0. The van der Waals surface area contributed by atoms with Crippen LogP contribution in [0.5, 0.6) is 5.75 Å². The van der Waals surface area contributed by atoms with Crippen LogP contribution in [0.3, 0.4) is 0 Å². The molecule has 1 aromatic heterocycles. The van der Waals surface area contributed by atoms with E-state index in [1.807, 2.05) is 30.3 Å². The number of benzene rings is 4. The first kappa shape index (κ1) is 28.9. The van der Waals surface area contributed by atoms with Crippen molar-refractivity contribution in [2.75, 3.05) is 20.2 Å². The van der Waals surface area contributed by atoms with Crippen LogP contribution in [-0.2, 0) is 24.2 Å². The van der Waals surface area contributed by atoms with E-state index in [9.17, 15) is 4.79 Å². The molecule has 0 amide bonds. The standard InChI is InChI=1S/C34H33NO4.ClH/c1-38-30-16-13-25(14-17-30)23-35(24-32(27-8-4-2-5-9-27)28-10-6-3-7-11-28)19-18-31-22-29-15-12-26(21-34(36)37)20-33(29)39-31;/h2-17,20,22,32H,18-19,21,23-24H2,1H3,(H,36,37);1H. The second kappa shape index (κ2) is 13.8. The largest absolute Gasteiger partial charge is 0.497 e. The maximum Gasteiger partial charge on any atom is 0.307 e. The number of hydrogen-bond acceptors (Lipinski definition) is 4. The highest BCUT2D eigenvalue weighted by molar-refractivity contribution is 5.85. The van der Waals surface area contributed by atoms with Gasteiger partial charge in [0.1, 0.15) is 17.1 Å². The summed E-state index contributed by atoms with van der Waals surface area (Å²) in [5, 5.41) is 10.1. The highest BCUT2D eigenvalue weighted by atomic mass is 35.5. The van der Waals surface area contributed by atoms with Crippen molar-refractivity contribution < 1.29 is 19.1 Å². The maximum atomic E-state index is 11.1. The Morgan fingerprint density at radius 1 is 0.850 bits per heavy atom. The number of nitrogens with zero attached hydrogens (tertiary/aromatic N) is 1. The third-order valence-corrected chi connectivity index (χ3v) is 7.08. The molecule has 0 radical (unpaired) electrons. The van der Waals surface area contributed by atoms with Crippen molar-refractivity contribution in [3.8, 4) is 5.75 Å². The van der Waals surface area contributed by atoms with Gasteiger partial charge in [0.25, 0.3) is 0 Å². The molecule has 0 unspecified atom stereocenters. The first-order valence-corrected chi connectivity index (χ1v) is 13.3. The predicted molar refractivity (Wildman–Crippen MR) is 162 cm³/mol. The van der Waals surface area contributed by atoms with E-state index >= 15 is 0 Å². The first-order chi connectivity index (χ1) is 19.1. The van der Waals surface area contributed by atoms with Gasteiger partial charge in [-0.1, -0.05) is 84.9 Å². The normalized spacial score (nSPS) is 11.1. The van der Waals surface area contributed by atoms with E-state index in [0.29, 0.717) is 0 Å². The molecule has 1 heterocycles. The van der Waals surface area contributed by atoms with Crippen LogP contribution < -0.4 is 4.74 Å². The molecule has 0 saturated heterocycles. The van der Waals surface area contributed by atoms with Gasteiger partial charge >= 0.3 is 5.97 Å². The highest BCUT2D eigenvalue weighted by Crippen LogP contribution is 2.27. The number of hydrogen-bond donors (Lipinski definition) is 1. The monoisotopic (exact) mass is 555 g/mol. The van der Waals surface area contributed by atoms with Crippen LogP contribution in [0.25, 0.3) is 11.0 Å². The van der Waals surface area contributed by atoms with Gasteiger partial charge in [-0.2, -0.15) is 0 Å². The van der Waals surface area contributed by atoms with E-state index < -0.39 is 5.97 Å². The molecule has 0 aliphatic carbocycles. The Morgan fingerprint density at radius 3 is 2.08 bits per heavy atom. The Balaban J connectivity index is 0.00000370. The van der Waals surface area contributed by atoms with Crippen LogP contribution in [0.4, 0.5) is 0 Å². The minimum Gasteiger partial charge on any atom is -0.497 e. The van der Waals surface area contributed by atoms with Gasteiger partial charge in [-0.05, 0) is 46.5 Å². The lowest BCUT2D eigenvalue weighted by Crippen LogP contribution is -2.31. The molecule has 206 valence electrons. The summed E-state index contributed by atoms with van der Waals surface area (Å²) in [5.74, 6) is 1.12. The van der Waals surface area contributed by atoms with Crippen molar-refractivity contribution >= 4 is 29.3 Å². The minimum atomic E-state index is -0.846. The summed E-state index contributed by atoms with van der Waals surface area (Å²) < 4.78 is 11.5. The maximum absolute atomic E-state index is 11.1. The smallest absolute Gasteiger partial charge is 0.307 e. The molecule has 0 fully saturated rings. The van der Waals surface area contributed by atoms with Gasteiger partial charge in [0.05, 0.1) is 13.5 Å². The van der Waals surface area contributed by atoms with Crippen LogP contribution >= 0.6 is 12.4 Å². The predicted octanol–water partition coefficient (Wildman–Crippen LogP) is 7.37. The lowest BCUT2D eigenvalue weighted by Gasteiger charge is -2.28. The number of carbonyl (C=O) groups is 1. The fraction of sp³-hybridized carbons (Fsp3) is 0.206. The zero-order chi connectivity index (χ0) is 27.0. The molecule has 1 N–H and O–H groups in total. The van der Waals surface area contributed by atoms with Gasteiger partial charge in [0, 0.05) is 37.4 Å². The fourth-order valence-corrected chi connectivity index (χ4v) is 5.06. The molecule has 0 saturated carbocycles. The van der Waals surface area contributed by atoms with E-state index in [-0.39, 0.29) is 24.7 Å². The zero-order valence-corrected chi connectivity index (χ0v) is 23.3. The average Bonchev–Trinajstić information content (AvgIpc) is 3.37. The van der Waals surface area contributed by atoms with Gasteiger partial charge in [-0.3, -0.25) is 9.69 Å². The van der Waals surface area contributed by atoms with Gasteiger partial charge in [0.15, 0.2) is 0 Å². The molecule has 5 nitrogen and oxygen atoms in total. The van der Waals surface area contributed by atoms with Crippen molar-refractivity contribution in [1.29, 1.82) is 0 Å². The summed E-state index contributed by atoms with van der Waals surface area (Å²) in [7, 11) is 1.68. The van der Waals surface area contributed by atoms with Crippen molar-refractivity contribution in [3.05, 3.63) is 137 Å². The van der Waals surface area contributed by atoms with Gasteiger partial charge in [-0.15, -0.1) is 12.4 Å². The molecule has 40 heavy (non-hydrogen) atoms. The molecule has 0 atom stereocenters. The number of methoxy groups -OCH3 is 1. The Bertz CT molecular complexity index is 1460. The summed E-state index contributed by atoms with van der Waals surface area (Å²) in [6.07, 6.45) is 0.734. The molecule has 0 bridgehead atoms. The van der Waals surface area contributed by atoms with Crippen molar-refractivity contribution in [2.24, 2.45) is 0 Å². The molecule has 0 aliphatic rings.